The Bertz CT molecular complexity index is 1510. The number of H-pyrrole nitrogens is 1. The van der Waals surface area contributed by atoms with Crippen molar-refractivity contribution in [1.82, 2.24) is 30.1 Å². The number of allylic oxidation sites excluding steroid dienone is 1. The van der Waals surface area contributed by atoms with E-state index >= 15 is 0 Å². The number of fused-ring (bicyclic) bond motifs is 1. The van der Waals surface area contributed by atoms with E-state index in [2.05, 4.69) is 25.9 Å². The highest BCUT2D eigenvalue weighted by atomic mass is 19.1. The molecule has 0 saturated heterocycles. The lowest BCUT2D eigenvalue weighted by Gasteiger charge is -2.18. The van der Waals surface area contributed by atoms with Crippen LogP contribution in [0, 0.1) is 11.7 Å². The van der Waals surface area contributed by atoms with Gasteiger partial charge in [0.05, 0.1) is 23.8 Å². The molecule has 0 bridgehead atoms. The zero-order chi connectivity index (χ0) is 31.5. The molecule has 3 aromatic heterocycles. The zero-order valence-electron chi connectivity index (χ0n) is 25.2. The van der Waals surface area contributed by atoms with Crippen molar-refractivity contribution in [1.29, 1.82) is 0 Å². The Balaban J connectivity index is 1.77. The lowest BCUT2D eigenvalue weighted by Crippen LogP contribution is -2.45. The number of likely N-dealkylation sites (N-methyl/N-ethyl adjacent to an activating group) is 2. The second-order valence-electron chi connectivity index (χ2n) is 10.7. The van der Waals surface area contributed by atoms with Gasteiger partial charge in [0.15, 0.2) is 0 Å². The number of rotatable bonds is 14. The summed E-state index contributed by atoms with van der Waals surface area (Å²) >= 11 is 0. The van der Waals surface area contributed by atoms with Crippen LogP contribution in [0.3, 0.4) is 0 Å². The molecule has 0 aromatic carbocycles. The molecule has 0 saturated carbocycles. The Morgan fingerprint density at radius 3 is 2.72 bits per heavy atom. The molecule has 3 amide bonds. The Kier molecular flexibility index (Phi) is 12.0. The number of nitrogens with one attached hydrogen (secondary N) is 4. The summed E-state index contributed by atoms with van der Waals surface area (Å²) in [5.74, 6) is -0.973. The number of aromatic nitrogens is 3. The Hall–Kier alpha value is -4.52. The van der Waals surface area contributed by atoms with Crippen LogP contribution in [0.5, 0.6) is 0 Å². The third-order valence-corrected chi connectivity index (χ3v) is 6.51. The van der Waals surface area contributed by atoms with Gasteiger partial charge in [0, 0.05) is 38.1 Å². The highest BCUT2D eigenvalue weighted by molar-refractivity contribution is 5.96. The van der Waals surface area contributed by atoms with Crippen LogP contribution in [0.2, 0.25) is 0 Å². The van der Waals surface area contributed by atoms with Gasteiger partial charge in [-0.05, 0) is 56.5 Å². The maximum absolute atomic E-state index is 14.5. The van der Waals surface area contributed by atoms with Crippen LogP contribution in [-0.4, -0.2) is 77.7 Å². The number of pyridine rings is 2. The van der Waals surface area contributed by atoms with E-state index in [1.54, 1.807) is 45.5 Å². The van der Waals surface area contributed by atoms with Gasteiger partial charge in [-0.3, -0.25) is 19.4 Å². The van der Waals surface area contributed by atoms with Crippen LogP contribution in [0.4, 0.5) is 14.9 Å². The maximum atomic E-state index is 14.5. The molecule has 0 radical (unpaired) electrons. The van der Waals surface area contributed by atoms with Crippen molar-refractivity contribution in [3.05, 3.63) is 70.2 Å². The first-order valence-electron chi connectivity index (χ1n) is 14.1. The molecule has 1 atom stereocenters. The number of anilines is 1. The number of alkyl carbamates (subject to hydrolysis) is 1. The number of hydrogen-bond donors (Lipinski definition) is 4. The lowest BCUT2D eigenvalue weighted by atomic mass is 10.0. The fraction of sp³-hybridized carbons (Fsp3) is 0.433. The van der Waals surface area contributed by atoms with Crippen LogP contribution in [0.25, 0.3) is 11.0 Å². The fourth-order valence-corrected chi connectivity index (χ4v) is 4.30. The average Bonchev–Trinajstić information content (AvgIpc) is 3.36. The van der Waals surface area contributed by atoms with Gasteiger partial charge in [-0.1, -0.05) is 19.9 Å². The summed E-state index contributed by atoms with van der Waals surface area (Å²) in [5, 5.41) is 8.01. The molecule has 3 heterocycles. The molecule has 0 aliphatic heterocycles. The van der Waals surface area contributed by atoms with Crippen molar-refractivity contribution in [2.75, 3.05) is 39.6 Å². The normalized spacial score (nSPS) is 12.1. The molecule has 4 N–H and O–H groups in total. The van der Waals surface area contributed by atoms with Crippen molar-refractivity contribution in [3.63, 3.8) is 0 Å². The van der Waals surface area contributed by atoms with Crippen LogP contribution in [-0.2, 0) is 27.3 Å². The molecule has 1 unspecified atom stereocenters. The highest BCUT2D eigenvalue weighted by Gasteiger charge is 2.22. The largest absolute Gasteiger partial charge is 0.448 e. The van der Waals surface area contributed by atoms with Crippen LogP contribution < -0.4 is 21.5 Å². The van der Waals surface area contributed by atoms with Crippen LogP contribution in [0.1, 0.15) is 37.9 Å². The quantitative estimate of drug-likeness (QED) is 0.165. The van der Waals surface area contributed by atoms with E-state index in [4.69, 9.17) is 4.74 Å². The SMILES string of the molecule is CNCCOC(=O)NC(CC/C=C/C(=O)N(C)C)C(=O)Nc1cccn(Cc2cc3ncc(F)c(CC(C)C)c3[nH]2)c1=O. The smallest absolute Gasteiger partial charge is 0.407 e. The zero-order valence-corrected chi connectivity index (χ0v) is 25.2. The molecule has 0 fully saturated rings. The number of hydrogen-bond acceptors (Lipinski definition) is 7. The number of nitrogens with zero attached hydrogens (tertiary/aromatic N) is 3. The standard InChI is InChI=1S/C30H40FN7O5/c1-19(2)15-21-22(31)17-33-25-16-20(34-27(21)25)18-38-13-8-10-24(29(38)41)35-28(40)23(36-30(42)43-14-12-32-3)9-6-7-11-26(39)37(4)5/h7-8,10-11,13,16-17,19,23,32,34H,6,9,12,14-15,18H2,1-5H3,(H,35,40)(H,36,42)/b11-7+. The molecule has 0 aliphatic carbocycles. The summed E-state index contributed by atoms with van der Waals surface area (Å²) in [5.41, 5.74) is 1.93. The van der Waals surface area contributed by atoms with E-state index < -0.39 is 23.6 Å². The Morgan fingerprint density at radius 2 is 2.02 bits per heavy atom. The lowest BCUT2D eigenvalue weighted by molar-refractivity contribution is -0.123. The number of carbonyl (C=O) groups is 3. The molecule has 0 spiro atoms. The predicted octanol–water partition coefficient (Wildman–Crippen LogP) is 2.79. The molecular formula is C30H40FN7O5. The van der Waals surface area contributed by atoms with Crippen molar-refractivity contribution in [3.8, 4) is 0 Å². The molecule has 232 valence electrons. The van der Waals surface area contributed by atoms with Gasteiger partial charge in [0.1, 0.15) is 24.2 Å². The number of amides is 3. The first kappa shape index (κ1) is 33.0. The molecule has 12 nitrogen and oxygen atoms in total. The van der Waals surface area contributed by atoms with Crippen molar-refractivity contribution in [2.45, 2.75) is 45.7 Å². The minimum absolute atomic E-state index is 0.0157. The summed E-state index contributed by atoms with van der Waals surface area (Å²) in [6.07, 6.45) is 5.99. The van der Waals surface area contributed by atoms with E-state index in [1.807, 2.05) is 13.8 Å². The molecule has 43 heavy (non-hydrogen) atoms. The first-order chi connectivity index (χ1) is 20.5. The third-order valence-electron chi connectivity index (χ3n) is 6.51. The number of halogens is 1. The van der Waals surface area contributed by atoms with Gasteiger partial charge in [0.2, 0.25) is 11.8 Å². The molecule has 3 rings (SSSR count). The minimum Gasteiger partial charge on any atom is -0.448 e. The third kappa shape index (κ3) is 9.50. The Morgan fingerprint density at radius 1 is 1.26 bits per heavy atom. The van der Waals surface area contributed by atoms with Crippen LogP contribution in [0.15, 0.2) is 47.5 Å². The van der Waals surface area contributed by atoms with Gasteiger partial charge in [-0.15, -0.1) is 0 Å². The van der Waals surface area contributed by atoms with E-state index in [-0.39, 0.29) is 42.9 Å². The molecular weight excluding hydrogens is 557 g/mol. The highest BCUT2D eigenvalue weighted by Crippen LogP contribution is 2.23. The summed E-state index contributed by atoms with van der Waals surface area (Å²) in [7, 11) is 4.96. The van der Waals surface area contributed by atoms with E-state index in [9.17, 15) is 23.6 Å². The fourth-order valence-electron chi connectivity index (χ4n) is 4.30. The maximum Gasteiger partial charge on any atom is 0.407 e. The van der Waals surface area contributed by atoms with E-state index in [0.717, 1.165) is 0 Å². The summed E-state index contributed by atoms with van der Waals surface area (Å²) in [6.45, 7) is 4.68. The van der Waals surface area contributed by atoms with Crippen molar-refractivity contribution in [2.24, 2.45) is 5.92 Å². The van der Waals surface area contributed by atoms with Gasteiger partial charge in [-0.2, -0.15) is 0 Å². The van der Waals surface area contributed by atoms with E-state index in [1.165, 1.54) is 27.8 Å². The topological polar surface area (TPSA) is 150 Å². The van der Waals surface area contributed by atoms with Crippen LogP contribution >= 0.6 is 0 Å². The summed E-state index contributed by atoms with van der Waals surface area (Å²) < 4.78 is 21.0. The first-order valence-corrected chi connectivity index (χ1v) is 14.1. The van der Waals surface area contributed by atoms with Crippen molar-refractivity contribution < 1.29 is 23.5 Å². The second kappa shape index (κ2) is 15.6. The van der Waals surface area contributed by atoms with Crippen molar-refractivity contribution >= 4 is 34.6 Å². The summed E-state index contributed by atoms with van der Waals surface area (Å²) in [4.78, 5) is 59.4. The average molecular weight is 598 g/mol. The van der Waals surface area contributed by atoms with Gasteiger partial charge in [0.25, 0.3) is 5.56 Å². The molecule has 3 aromatic rings. The molecule has 13 heteroatoms. The molecule has 0 aliphatic rings. The van der Waals surface area contributed by atoms with Gasteiger partial charge >= 0.3 is 6.09 Å². The second-order valence-corrected chi connectivity index (χ2v) is 10.7. The monoisotopic (exact) mass is 597 g/mol. The minimum atomic E-state index is -1.04. The Labute approximate surface area is 249 Å². The van der Waals surface area contributed by atoms with Gasteiger partial charge in [-0.25, -0.2) is 9.18 Å². The summed E-state index contributed by atoms with van der Waals surface area (Å²) in [6, 6.07) is 3.82. The number of ether oxygens (including phenoxy) is 1. The van der Waals surface area contributed by atoms with E-state index in [0.29, 0.717) is 41.7 Å². The number of carbonyl (C=O) groups excluding carboxylic acids is 3. The number of aromatic amines is 1. The van der Waals surface area contributed by atoms with Gasteiger partial charge < -0.3 is 35.1 Å². The predicted molar refractivity (Wildman–Crippen MR) is 162 cm³/mol.